The first-order chi connectivity index (χ1) is 13.2. The minimum absolute atomic E-state index is 0.334. The first-order valence-electron chi connectivity index (χ1n) is 8.83. The van der Waals surface area contributed by atoms with Crippen LogP contribution in [0.1, 0.15) is 12.5 Å². The fraction of sp³-hybridized carbons (Fsp3) is 0.143. The van der Waals surface area contributed by atoms with Gasteiger partial charge in [0.05, 0.1) is 12.3 Å². The second-order valence-corrected chi connectivity index (χ2v) is 6.21. The molecule has 6 heteroatoms. The largest absolute Gasteiger partial charge is 0.494 e. The highest BCUT2D eigenvalue weighted by molar-refractivity contribution is 5.82. The van der Waals surface area contributed by atoms with E-state index in [9.17, 15) is 4.79 Å². The Kier molecular flexibility index (Phi) is 4.48. The number of fused-ring (bicyclic) bond motifs is 1. The second-order valence-electron chi connectivity index (χ2n) is 6.21. The van der Waals surface area contributed by atoms with Crippen molar-refractivity contribution >= 4 is 11.0 Å². The molecule has 2 aromatic heterocycles. The molecule has 0 radical (unpaired) electrons. The Morgan fingerprint density at radius 3 is 2.70 bits per heavy atom. The fourth-order valence-electron chi connectivity index (χ4n) is 3.05. The number of hydrogen-bond donors (Lipinski definition) is 2. The molecular weight excluding hydrogens is 340 g/mol. The van der Waals surface area contributed by atoms with Crippen LogP contribution in [0.4, 0.5) is 0 Å². The Hall–Kier alpha value is -3.38. The summed E-state index contributed by atoms with van der Waals surface area (Å²) in [7, 11) is 0. The summed E-state index contributed by atoms with van der Waals surface area (Å²) in [5, 5.41) is 0.856. The number of H-pyrrole nitrogens is 1. The van der Waals surface area contributed by atoms with E-state index in [4.69, 9.17) is 10.5 Å². The maximum Gasteiger partial charge on any atom is 0.354 e. The lowest BCUT2D eigenvalue weighted by Crippen LogP contribution is -2.20. The third-order valence-corrected chi connectivity index (χ3v) is 4.41. The van der Waals surface area contributed by atoms with Crippen molar-refractivity contribution in [2.75, 3.05) is 6.61 Å². The summed E-state index contributed by atoms with van der Waals surface area (Å²) < 4.78 is 7.10. The van der Waals surface area contributed by atoms with Gasteiger partial charge in [-0.2, -0.15) is 4.98 Å². The van der Waals surface area contributed by atoms with Crippen molar-refractivity contribution in [1.82, 2.24) is 14.5 Å². The van der Waals surface area contributed by atoms with E-state index < -0.39 is 0 Å². The van der Waals surface area contributed by atoms with Gasteiger partial charge in [0.1, 0.15) is 11.4 Å². The summed E-state index contributed by atoms with van der Waals surface area (Å²) in [5.74, 6) is 0.807. The molecule has 2 heterocycles. The van der Waals surface area contributed by atoms with Gasteiger partial charge < -0.3 is 15.5 Å². The molecule has 4 rings (SSSR count). The van der Waals surface area contributed by atoms with Crippen LogP contribution in [-0.4, -0.2) is 21.1 Å². The van der Waals surface area contributed by atoms with Gasteiger partial charge in [0.15, 0.2) is 0 Å². The summed E-state index contributed by atoms with van der Waals surface area (Å²) in [6, 6.07) is 17.4. The molecule has 0 bridgehead atoms. The van der Waals surface area contributed by atoms with Crippen LogP contribution in [0.5, 0.6) is 5.75 Å². The van der Waals surface area contributed by atoms with Crippen molar-refractivity contribution in [3.63, 3.8) is 0 Å². The van der Waals surface area contributed by atoms with Gasteiger partial charge >= 0.3 is 5.69 Å². The van der Waals surface area contributed by atoms with Crippen molar-refractivity contribution in [2.45, 2.75) is 13.5 Å². The van der Waals surface area contributed by atoms with E-state index in [-0.39, 0.29) is 5.69 Å². The van der Waals surface area contributed by atoms with Crippen LogP contribution in [0.3, 0.4) is 0 Å². The molecule has 0 aliphatic carbocycles. The molecule has 0 atom stereocenters. The van der Waals surface area contributed by atoms with E-state index in [0.717, 1.165) is 33.6 Å². The molecule has 2 aromatic carbocycles. The first-order valence-corrected chi connectivity index (χ1v) is 8.83. The lowest BCUT2D eigenvalue weighted by Gasteiger charge is -2.05. The smallest absolute Gasteiger partial charge is 0.354 e. The molecule has 3 N–H and O–H groups in total. The maximum atomic E-state index is 12.5. The van der Waals surface area contributed by atoms with Gasteiger partial charge in [-0.25, -0.2) is 4.79 Å². The lowest BCUT2D eigenvalue weighted by molar-refractivity contribution is 0.340. The number of benzene rings is 2. The Bertz CT molecular complexity index is 1140. The van der Waals surface area contributed by atoms with Crippen LogP contribution in [0, 0.1) is 0 Å². The Labute approximate surface area is 156 Å². The zero-order chi connectivity index (χ0) is 18.8. The van der Waals surface area contributed by atoms with Crippen molar-refractivity contribution in [3.8, 4) is 22.7 Å². The van der Waals surface area contributed by atoms with Crippen molar-refractivity contribution in [1.29, 1.82) is 0 Å². The van der Waals surface area contributed by atoms with E-state index in [2.05, 4.69) is 9.97 Å². The third kappa shape index (κ3) is 3.35. The molecule has 4 aromatic rings. The SMILES string of the molecule is CCOc1cccc(-c2cc3cn(-c4ccc(CN)cc4)c(=O)nc3[nH]2)c1. The van der Waals surface area contributed by atoms with Gasteiger partial charge in [-0.15, -0.1) is 0 Å². The summed E-state index contributed by atoms with van der Waals surface area (Å²) in [5.41, 5.74) is 9.50. The van der Waals surface area contributed by atoms with Crippen molar-refractivity contribution in [2.24, 2.45) is 5.73 Å². The van der Waals surface area contributed by atoms with Gasteiger partial charge in [0, 0.05) is 29.4 Å². The molecule has 0 fully saturated rings. The lowest BCUT2D eigenvalue weighted by atomic mass is 10.1. The Morgan fingerprint density at radius 2 is 1.96 bits per heavy atom. The third-order valence-electron chi connectivity index (χ3n) is 4.41. The topological polar surface area (TPSA) is 85.9 Å². The highest BCUT2D eigenvalue weighted by Gasteiger charge is 2.09. The Morgan fingerprint density at radius 1 is 1.15 bits per heavy atom. The van der Waals surface area contributed by atoms with Gasteiger partial charge in [-0.1, -0.05) is 24.3 Å². The average molecular weight is 360 g/mol. The standard InChI is InChI=1S/C21H20N4O2/c1-2-27-18-5-3-4-15(10-18)19-11-16-13-25(21(26)24-20(16)23-19)17-8-6-14(12-22)7-9-17/h3-11,13H,2,12,22H2,1H3,(H,23,24,26). The number of aromatic amines is 1. The van der Waals surface area contributed by atoms with Crippen molar-refractivity contribution in [3.05, 3.63) is 76.8 Å². The summed E-state index contributed by atoms with van der Waals surface area (Å²) in [6.07, 6.45) is 1.80. The van der Waals surface area contributed by atoms with Crippen LogP contribution in [-0.2, 0) is 6.54 Å². The monoisotopic (exact) mass is 360 g/mol. The number of aromatic nitrogens is 3. The van der Waals surface area contributed by atoms with Gasteiger partial charge in [-0.3, -0.25) is 4.57 Å². The summed E-state index contributed by atoms with van der Waals surface area (Å²) >= 11 is 0. The van der Waals surface area contributed by atoms with Crippen LogP contribution < -0.4 is 16.2 Å². The Balaban J connectivity index is 1.77. The zero-order valence-electron chi connectivity index (χ0n) is 15.0. The molecule has 136 valence electrons. The molecule has 27 heavy (non-hydrogen) atoms. The first kappa shape index (κ1) is 17.1. The zero-order valence-corrected chi connectivity index (χ0v) is 15.0. The van der Waals surface area contributed by atoms with Crippen LogP contribution in [0.2, 0.25) is 0 Å². The van der Waals surface area contributed by atoms with E-state index in [1.807, 2.05) is 61.5 Å². The maximum absolute atomic E-state index is 12.5. The molecule has 6 nitrogen and oxygen atoms in total. The number of nitrogens with two attached hydrogens (primary N) is 1. The number of hydrogen-bond acceptors (Lipinski definition) is 4. The van der Waals surface area contributed by atoms with E-state index >= 15 is 0 Å². The summed E-state index contributed by atoms with van der Waals surface area (Å²) in [4.78, 5) is 19.9. The quantitative estimate of drug-likeness (QED) is 0.572. The fourth-order valence-corrected chi connectivity index (χ4v) is 3.05. The van der Waals surface area contributed by atoms with E-state index in [1.165, 1.54) is 4.57 Å². The summed E-state index contributed by atoms with van der Waals surface area (Å²) in [6.45, 7) is 3.03. The van der Waals surface area contributed by atoms with Gasteiger partial charge in [-0.05, 0) is 42.8 Å². The van der Waals surface area contributed by atoms with Crippen molar-refractivity contribution < 1.29 is 4.74 Å². The van der Waals surface area contributed by atoms with Gasteiger partial charge in [0.25, 0.3) is 0 Å². The van der Waals surface area contributed by atoms with Crippen LogP contribution in [0.15, 0.2) is 65.6 Å². The molecule has 0 saturated carbocycles. The predicted octanol–water partition coefficient (Wildman–Crippen LogP) is 3.24. The average Bonchev–Trinajstić information content (AvgIpc) is 3.11. The number of nitrogens with one attached hydrogen (secondary N) is 1. The molecule has 0 aliphatic heterocycles. The molecule has 0 spiro atoms. The van der Waals surface area contributed by atoms with E-state index in [0.29, 0.717) is 18.8 Å². The number of ether oxygens (including phenoxy) is 1. The highest BCUT2D eigenvalue weighted by atomic mass is 16.5. The molecule has 0 aliphatic rings. The normalized spacial score (nSPS) is 11.0. The second kappa shape index (κ2) is 7.09. The number of nitrogens with zero attached hydrogens (tertiary/aromatic N) is 2. The van der Waals surface area contributed by atoms with Crippen LogP contribution in [0.25, 0.3) is 28.0 Å². The minimum atomic E-state index is -0.334. The molecule has 0 amide bonds. The highest BCUT2D eigenvalue weighted by Crippen LogP contribution is 2.26. The molecular formula is C21H20N4O2. The van der Waals surface area contributed by atoms with Gasteiger partial charge in [0.2, 0.25) is 0 Å². The predicted molar refractivity (Wildman–Crippen MR) is 106 cm³/mol. The van der Waals surface area contributed by atoms with E-state index in [1.54, 1.807) is 6.20 Å². The molecule has 0 unspecified atom stereocenters. The number of rotatable bonds is 5. The minimum Gasteiger partial charge on any atom is -0.494 e. The van der Waals surface area contributed by atoms with Crippen LogP contribution >= 0.6 is 0 Å². The molecule has 0 saturated heterocycles.